The highest BCUT2D eigenvalue weighted by Crippen LogP contribution is 2.42. The standard InChI is InChI=1S/C20H13F2NO5/c1-3-27-20(26)12-8-23-14-5-4-10(9(2)24)6-15(14)28-19-16(22)13(21)7-11(17(19)23)18(12)25/h4-8H,3H2,1-2H3. The summed E-state index contributed by atoms with van der Waals surface area (Å²) in [6, 6.07) is 5.19. The molecule has 0 saturated heterocycles. The number of fused-ring (bicyclic) bond motifs is 2. The van der Waals surface area contributed by atoms with Gasteiger partial charge >= 0.3 is 5.97 Å². The lowest BCUT2D eigenvalue weighted by Gasteiger charge is -2.24. The van der Waals surface area contributed by atoms with E-state index in [1.54, 1.807) is 6.92 Å². The summed E-state index contributed by atoms with van der Waals surface area (Å²) in [7, 11) is 0. The van der Waals surface area contributed by atoms with Gasteiger partial charge in [-0.1, -0.05) is 0 Å². The molecular formula is C20H13F2NO5. The Labute approximate surface area is 156 Å². The molecule has 0 aliphatic carbocycles. The fourth-order valence-electron chi connectivity index (χ4n) is 3.16. The summed E-state index contributed by atoms with van der Waals surface area (Å²) in [6.45, 7) is 2.98. The number of aromatic nitrogens is 1. The van der Waals surface area contributed by atoms with Crippen LogP contribution < -0.4 is 10.2 Å². The van der Waals surface area contributed by atoms with Crippen molar-refractivity contribution in [3.63, 3.8) is 0 Å². The fourth-order valence-corrected chi connectivity index (χ4v) is 3.16. The topological polar surface area (TPSA) is 74.6 Å². The number of carbonyl (C=O) groups excluding carboxylic acids is 2. The predicted octanol–water partition coefficient (Wildman–Crippen LogP) is 3.75. The maximum atomic E-state index is 14.4. The first-order chi connectivity index (χ1) is 13.3. The zero-order valence-electron chi connectivity index (χ0n) is 14.8. The van der Waals surface area contributed by atoms with Crippen LogP contribution in [-0.2, 0) is 4.74 Å². The van der Waals surface area contributed by atoms with Gasteiger partial charge in [-0.15, -0.1) is 0 Å². The zero-order chi connectivity index (χ0) is 20.2. The first kappa shape index (κ1) is 17.8. The third kappa shape index (κ3) is 2.49. The Hall–Kier alpha value is -3.55. The van der Waals surface area contributed by atoms with Crippen molar-refractivity contribution < 1.29 is 27.8 Å². The molecule has 2 aromatic carbocycles. The van der Waals surface area contributed by atoms with Gasteiger partial charge in [0.1, 0.15) is 11.1 Å². The Balaban J connectivity index is 2.12. The molecule has 4 rings (SSSR count). The number of halogens is 2. The molecule has 6 nitrogen and oxygen atoms in total. The third-order valence-electron chi connectivity index (χ3n) is 4.47. The number of nitrogens with zero attached hydrogens (tertiary/aromatic N) is 1. The second-order valence-corrected chi connectivity index (χ2v) is 6.20. The van der Waals surface area contributed by atoms with Gasteiger partial charge in [0, 0.05) is 11.8 Å². The number of hydrogen-bond donors (Lipinski definition) is 0. The highest BCUT2D eigenvalue weighted by molar-refractivity contribution is 5.98. The highest BCUT2D eigenvalue weighted by Gasteiger charge is 2.29. The number of hydrogen-bond acceptors (Lipinski definition) is 5. The van der Waals surface area contributed by atoms with Gasteiger partial charge < -0.3 is 14.0 Å². The number of esters is 1. The minimum atomic E-state index is -1.29. The van der Waals surface area contributed by atoms with E-state index in [0.717, 1.165) is 6.07 Å². The van der Waals surface area contributed by atoms with E-state index in [4.69, 9.17) is 9.47 Å². The average molecular weight is 385 g/mol. The first-order valence-corrected chi connectivity index (χ1v) is 8.41. The Morgan fingerprint density at radius 3 is 2.64 bits per heavy atom. The lowest BCUT2D eigenvalue weighted by Crippen LogP contribution is -2.22. The van der Waals surface area contributed by atoms with Crippen LogP contribution in [0, 0.1) is 11.6 Å². The van der Waals surface area contributed by atoms with Gasteiger partial charge in [0.15, 0.2) is 23.1 Å². The number of ketones is 1. The van der Waals surface area contributed by atoms with Crippen molar-refractivity contribution in [3.05, 3.63) is 63.4 Å². The molecule has 3 aromatic rings. The smallest absolute Gasteiger partial charge is 0.343 e. The summed E-state index contributed by atoms with van der Waals surface area (Å²) in [5.41, 5.74) is -0.465. The molecule has 1 aromatic heterocycles. The molecule has 28 heavy (non-hydrogen) atoms. The minimum absolute atomic E-state index is 0.0139. The molecule has 0 saturated carbocycles. The van der Waals surface area contributed by atoms with E-state index in [1.807, 2.05) is 0 Å². The van der Waals surface area contributed by atoms with Crippen LogP contribution in [0.4, 0.5) is 8.78 Å². The molecule has 8 heteroatoms. The molecule has 1 aliphatic heterocycles. The van der Waals surface area contributed by atoms with E-state index in [1.165, 1.54) is 35.9 Å². The summed E-state index contributed by atoms with van der Waals surface area (Å²) in [5, 5.41) is -0.222. The molecule has 0 unspecified atom stereocenters. The van der Waals surface area contributed by atoms with Crippen molar-refractivity contribution in [3.8, 4) is 17.2 Å². The highest BCUT2D eigenvalue weighted by atomic mass is 19.2. The molecule has 1 aliphatic rings. The number of pyridine rings is 1. The summed E-state index contributed by atoms with van der Waals surface area (Å²) >= 11 is 0. The lowest BCUT2D eigenvalue weighted by molar-refractivity contribution is 0.0524. The molecule has 0 fully saturated rings. The Kier molecular flexibility index (Phi) is 3.99. The molecule has 0 radical (unpaired) electrons. The summed E-state index contributed by atoms with van der Waals surface area (Å²) in [5.74, 6) is -4.09. The van der Waals surface area contributed by atoms with Crippen molar-refractivity contribution in [1.82, 2.24) is 4.57 Å². The predicted molar refractivity (Wildman–Crippen MR) is 95.5 cm³/mol. The summed E-state index contributed by atoms with van der Waals surface area (Å²) in [6.07, 6.45) is 1.21. The van der Waals surface area contributed by atoms with Crippen molar-refractivity contribution in [2.24, 2.45) is 0 Å². The van der Waals surface area contributed by atoms with Crippen LogP contribution in [0.3, 0.4) is 0 Å². The van der Waals surface area contributed by atoms with Gasteiger partial charge in [0.05, 0.1) is 17.7 Å². The maximum Gasteiger partial charge on any atom is 0.343 e. The molecule has 2 heterocycles. The Morgan fingerprint density at radius 1 is 1.21 bits per heavy atom. The minimum Gasteiger partial charge on any atom is -0.462 e. The number of Topliss-reactive ketones (excluding diaryl/α,β-unsaturated/α-hetero) is 1. The summed E-state index contributed by atoms with van der Waals surface area (Å²) < 4.78 is 40.3. The number of benzene rings is 2. The van der Waals surface area contributed by atoms with Crippen LogP contribution in [0.2, 0.25) is 0 Å². The molecule has 0 amide bonds. The van der Waals surface area contributed by atoms with Gasteiger partial charge in [-0.05, 0) is 38.1 Å². The number of carbonyl (C=O) groups is 2. The van der Waals surface area contributed by atoms with Gasteiger partial charge in [-0.2, -0.15) is 4.39 Å². The van der Waals surface area contributed by atoms with Crippen molar-refractivity contribution in [2.45, 2.75) is 13.8 Å². The van der Waals surface area contributed by atoms with E-state index in [9.17, 15) is 23.2 Å². The molecule has 0 spiro atoms. The van der Waals surface area contributed by atoms with Crippen molar-refractivity contribution in [2.75, 3.05) is 6.61 Å². The van der Waals surface area contributed by atoms with E-state index >= 15 is 0 Å². The van der Waals surface area contributed by atoms with E-state index in [-0.39, 0.29) is 34.6 Å². The molecule has 0 atom stereocenters. The van der Waals surface area contributed by atoms with Crippen LogP contribution in [0.15, 0.2) is 35.3 Å². The fraction of sp³-hybridized carbons (Fsp3) is 0.150. The van der Waals surface area contributed by atoms with Crippen LogP contribution in [0.5, 0.6) is 11.5 Å². The van der Waals surface area contributed by atoms with Crippen LogP contribution in [-0.4, -0.2) is 22.9 Å². The van der Waals surface area contributed by atoms with Crippen LogP contribution >= 0.6 is 0 Å². The lowest BCUT2D eigenvalue weighted by atomic mass is 10.1. The third-order valence-corrected chi connectivity index (χ3v) is 4.47. The van der Waals surface area contributed by atoms with Gasteiger partial charge in [-0.25, -0.2) is 9.18 Å². The first-order valence-electron chi connectivity index (χ1n) is 8.41. The van der Waals surface area contributed by atoms with Crippen LogP contribution in [0.25, 0.3) is 16.6 Å². The van der Waals surface area contributed by atoms with Gasteiger partial charge in [-0.3, -0.25) is 9.59 Å². The van der Waals surface area contributed by atoms with Gasteiger partial charge in [0.2, 0.25) is 11.2 Å². The van der Waals surface area contributed by atoms with Crippen molar-refractivity contribution >= 4 is 22.7 Å². The quantitative estimate of drug-likeness (QED) is 0.397. The number of rotatable bonds is 3. The summed E-state index contributed by atoms with van der Waals surface area (Å²) in [4.78, 5) is 36.6. The molecule has 0 bridgehead atoms. The van der Waals surface area contributed by atoms with Gasteiger partial charge in [0.25, 0.3) is 0 Å². The molecular weight excluding hydrogens is 372 g/mol. The monoisotopic (exact) mass is 385 g/mol. The number of ether oxygens (including phenoxy) is 2. The van der Waals surface area contributed by atoms with Crippen LogP contribution in [0.1, 0.15) is 34.6 Å². The SMILES string of the molecule is CCOC(=O)c1cn2c3c(c(F)c(F)cc3c1=O)Oc1cc(C(C)=O)ccc1-2. The zero-order valence-corrected chi connectivity index (χ0v) is 14.8. The second kappa shape index (κ2) is 6.26. The maximum absolute atomic E-state index is 14.4. The van der Waals surface area contributed by atoms with E-state index in [0.29, 0.717) is 11.3 Å². The largest absolute Gasteiger partial charge is 0.462 e. The Morgan fingerprint density at radius 2 is 1.96 bits per heavy atom. The second-order valence-electron chi connectivity index (χ2n) is 6.20. The Bertz CT molecular complexity index is 1250. The van der Waals surface area contributed by atoms with Crippen molar-refractivity contribution in [1.29, 1.82) is 0 Å². The average Bonchev–Trinajstić information content (AvgIpc) is 2.67. The molecule has 0 N–H and O–H groups in total. The molecule has 142 valence electrons. The van der Waals surface area contributed by atoms with E-state index in [2.05, 4.69) is 0 Å². The van der Waals surface area contributed by atoms with E-state index < -0.39 is 28.8 Å². The normalized spacial score (nSPS) is 11.7.